The van der Waals surface area contributed by atoms with Gasteiger partial charge in [-0.25, -0.2) is 0 Å². The number of benzene rings is 6. The molecule has 0 unspecified atom stereocenters. The van der Waals surface area contributed by atoms with Gasteiger partial charge in [0.2, 0.25) is 0 Å². The van der Waals surface area contributed by atoms with Gasteiger partial charge >= 0.3 is 348 Å². The summed E-state index contributed by atoms with van der Waals surface area (Å²) in [7, 11) is 0. The first kappa shape index (κ1) is 38.8. The molecule has 293 valence electrons. The molecule has 8 rings (SSSR count). The Morgan fingerprint density at radius 2 is 1.21 bits per heavy atom. The Hall–Kier alpha value is -6.11. The van der Waals surface area contributed by atoms with E-state index in [1.54, 1.807) is 24.4 Å². The second kappa shape index (κ2) is 16.0. The molecule has 1 aliphatic carbocycles. The van der Waals surface area contributed by atoms with Crippen LogP contribution in [0.4, 0.5) is 22.7 Å². The van der Waals surface area contributed by atoms with Crippen molar-refractivity contribution in [3.8, 4) is 5.75 Å². The van der Waals surface area contributed by atoms with Crippen molar-refractivity contribution in [2.75, 3.05) is 22.9 Å². The molecule has 0 amide bonds. The van der Waals surface area contributed by atoms with Crippen molar-refractivity contribution in [2.24, 2.45) is 4.99 Å². The van der Waals surface area contributed by atoms with Crippen molar-refractivity contribution in [2.45, 2.75) is 48.5 Å². The zero-order valence-electron chi connectivity index (χ0n) is 34.0. The maximum atomic E-state index is 12.2. The molecule has 7 nitrogen and oxygen atoms in total. The van der Waals surface area contributed by atoms with E-state index >= 15 is 0 Å². The molecule has 0 atom stereocenters. The summed E-state index contributed by atoms with van der Waals surface area (Å²) in [5, 5.41) is 12.2. The molecular weight excluding hydrogens is 806 g/mol. The van der Waals surface area contributed by atoms with Crippen LogP contribution in [0.5, 0.6) is 5.75 Å². The molecule has 0 saturated carbocycles. The minimum atomic E-state index is -2.89. The zero-order chi connectivity index (χ0) is 40.7. The molecule has 58 heavy (non-hydrogen) atoms. The van der Waals surface area contributed by atoms with E-state index in [0.29, 0.717) is 11.3 Å². The van der Waals surface area contributed by atoms with Crippen LogP contribution in [0.15, 0.2) is 132 Å². The number of allylic oxidation sites excluding steroid dienone is 1. The van der Waals surface area contributed by atoms with Gasteiger partial charge in [0.25, 0.3) is 0 Å². The predicted molar refractivity (Wildman–Crippen MR) is 237 cm³/mol. The molecule has 0 bridgehead atoms. The fourth-order valence-corrected chi connectivity index (χ4v) is 12.7. The van der Waals surface area contributed by atoms with Gasteiger partial charge in [0.05, 0.1) is 0 Å². The summed E-state index contributed by atoms with van der Waals surface area (Å²) >= 11 is -2.89. The second-order valence-electron chi connectivity index (χ2n) is 15.2. The summed E-state index contributed by atoms with van der Waals surface area (Å²) in [5.74, 6) is 0.556. The second-order valence-corrected chi connectivity index (χ2v) is 18.5. The average molecular weight is 853 g/mol. The van der Waals surface area contributed by atoms with Crippen LogP contribution in [-0.2, 0) is 15.4 Å². The number of nitro groups is 1. The summed E-state index contributed by atoms with van der Waals surface area (Å²) in [6.07, 6.45) is 4.05. The van der Waals surface area contributed by atoms with Gasteiger partial charge in [0.1, 0.15) is 0 Å². The molecule has 0 spiro atoms. The van der Waals surface area contributed by atoms with E-state index in [-0.39, 0.29) is 10.6 Å². The van der Waals surface area contributed by atoms with Crippen LogP contribution < -0.4 is 13.4 Å². The van der Waals surface area contributed by atoms with Crippen LogP contribution in [0.25, 0.3) is 5.57 Å². The fraction of sp³-hybridized carbons (Fsp3) is 0.180. The van der Waals surface area contributed by atoms with Gasteiger partial charge in [-0.1, -0.05) is 0 Å². The molecule has 0 radical (unpaired) electrons. The van der Waals surface area contributed by atoms with Crippen molar-refractivity contribution >= 4 is 43.0 Å². The quantitative estimate of drug-likeness (QED) is 0.0660. The van der Waals surface area contributed by atoms with E-state index in [4.69, 9.17) is 8.56 Å². The molecule has 0 aromatic heterocycles. The number of aliphatic imine (C=N–C) groups is 1. The predicted octanol–water partition coefficient (Wildman–Crippen LogP) is 11.2. The molecule has 2 aliphatic rings. The van der Waals surface area contributed by atoms with Crippen molar-refractivity contribution in [3.63, 3.8) is 0 Å². The van der Waals surface area contributed by atoms with Crippen molar-refractivity contribution in [1.82, 2.24) is 0 Å². The van der Waals surface area contributed by atoms with E-state index in [0.717, 1.165) is 55.1 Å². The number of aryl methyl sites for hydroxylation is 7. The van der Waals surface area contributed by atoms with Gasteiger partial charge in [-0.2, -0.15) is 0 Å². The van der Waals surface area contributed by atoms with Gasteiger partial charge in [-0.3, -0.25) is 0 Å². The van der Waals surface area contributed by atoms with E-state index in [9.17, 15) is 10.1 Å². The number of hydrogen-bond acceptors (Lipinski definition) is 6. The topological polar surface area (TPSA) is 71.2 Å². The number of nitro benzene ring substituents is 1. The standard InChI is InChI=1S/C21H26N2.C15H10.C14H12N2O3.Ru/c1-14-9-16(3)20(17(4)10-14)22-7-8-23(13-22)21-18(5)11-15(2)12-19(21)6;1-2-6-12(7-3-1)15-11-10-13-8-4-5-9-14(13)15;1-10-2-4-12(5-3-10)15-9-11-8-13(16(18)19)6-7-14(11)17;/h9-12H,7-8H2,1-6H3;1-9,11H;2-9,17H,1H3;/q;;;+1/p-1. The van der Waals surface area contributed by atoms with E-state index < -0.39 is 15.4 Å². The van der Waals surface area contributed by atoms with Gasteiger partial charge in [0.15, 0.2) is 0 Å². The maximum absolute atomic E-state index is 12.2. The third-order valence-corrected chi connectivity index (χ3v) is 14.6. The summed E-state index contributed by atoms with van der Waals surface area (Å²) in [5.41, 5.74) is 16.7. The Bertz CT molecular complexity index is 2650. The molecule has 1 fully saturated rings. The first-order valence-electron chi connectivity index (χ1n) is 19.5. The van der Waals surface area contributed by atoms with Crippen LogP contribution in [-0.4, -0.2) is 32.7 Å². The minimum absolute atomic E-state index is 0.0184. The molecule has 6 aromatic rings. The van der Waals surface area contributed by atoms with E-state index in [1.165, 1.54) is 44.8 Å². The number of hydrogen-bond donors (Lipinski definition) is 0. The number of fused-ring (bicyclic) bond motifs is 1. The van der Waals surface area contributed by atoms with Gasteiger partial charge in [-0.05, 0) is 0 Å². The number of nitrogens with zero attached hydrogens (tertiary/aromatic N) is 4. The Morgan fingerprint density at radius 3 is 1.78 bits per heavy atom. The molecule has 1 heterocycles. The van der Waals surface area contributed by atoms with Gasteiger partial charge in [-0.15, -0.1) is 0 Å². The van der Waals surface area contributed by atoms with Crippen molar-refractivity contribution in [1.29, 1.82) is 0 Å². The van der Waals surface area contributed by atoms with Crippen molar-refractivity contribution < 1.29 is 23.9 Å². The summed E-state index contributed by atoms with van der Waals surface area (Å²) in [4.78, 5) is 21.7. The Morgan fingerprint density at radius 1 is 0.655 bits per heavy atom. The SMILES string of the molecule is Cc1ccc(N=Cc2cc([N+](=O)[O-])ccc2[O]/[Ru](=[C]2N(c3c(C)cc(C)cc3C)CCN2c2c(C)cc(C)cc2C)=[C]2\C=C(c3ccccc3)c3ccccc32)cc1. The first-order chi connectivity index (χ1) is 28.0. The molecule has 8 heteroatoms. The van der Waals surface area contributed by atoms with Crippen LogP contribution in [0, 0.1) is 58.6 Å². The molecule has 6 aromatic carbocycles. The van der Waals surface area contributed by atoms with Gasteiger partial charge < -0.3 is 0 Å². The van der Waals surface area contributed by atoms with E-state index in [1.807, 2.05) is 37.3 Å². The van der Waals surface area contributed by atoms with Crippen LogP contribution in [0.2, 0.25) is 0 Å². The van der Waals surface area contributed by atoms with Crippen LogP contribution in [0.1, 0.15) is 61.2 Å². The molecule has 0 N–H and O–H groups in total. The summed E-state index contributed by atoms with van der Waals surface area (Å²) < 4.78 is 9.91. The normalized spacial score (nSPS) is 14.9. The summed E-state index contributed by atoms with van der Waals surface area (Å²) in [6, 6.07) is 41.0. The Labute approximate surface area is 346 Å². The van der Waals surface area contributed by atoms with Crippen LogP contribution in [0.3, 0.4) is 0 Å². The molecular formula is C50H47N4O3Ru. The third kappa shape index (κ3) is 7.53. The number of non-ortho nitro benzene ring substituents is 1. The zero-order valence-corrected chi connectivity index (χ0v) is 35.7. The first-order valence-corrected chi connectivity index (χ1v) is 22.0. The fourth-order valence-electron chi connectivity index (χ4n) is 8.31. The Kier molecular flexibility index (Phi) is 10.7. The summed E-state index contributed by atoms with van der Waals surface area (Å²) in [6.45, 7) is 16.7. The molecule has 1 saturated heterocycles. The monoisotopic (exact) mass is 853 g/mol. The number of anilines is 2. The van der Waals surface area contributed by atoms with E-state index in [2.05, 4.69) is 130 Å². The van der Waals surface area contributed by atoms with Crippen LogP contribution >= 0.6 is 0 Å². The Balaban J connectivity index is 1.48. The average Bonchev–Trinajstić information content (AvgIpc) is 3.79. The number of rotatable bonds is 8. The van der Waals surface area contributed by atoms with Gasteiger partial charge in [0, 0.05) is 0 Å². The van der Waals surface area contributed by atoms with Crippen molar-refractivity contribution in [3.05, 3.63) is 199 Å². The molecule has 1 aliphatic heterocycles. The third-order valence-electron chi connectivity index (χ3n) is 10.7.